The van der Waals surface area contributed by atoms with Crippen molar-refractivity contribution in [3.05, 3.63) is 29.8 Å². The van der Waals surface area contributed by atoms with Crippen LogP contribution >= 0.6 is 0 Å². The number of ether oxygens (including phenoxy) is 2. The lowest BCUT2D eigenvalue weighted by Crippen LogP contribution is -2.41. The fraction of sp³-hybridized carbons (Fsp3) is 0.579. The van der Waals surface area contributed by atoms with E-state index in [1.54, 1.807) is 14.2 Å². The predicted octanol–water partition coefficient (Wildman–Crippen LogP) is 1.90. The maximum absolute atomic E-state index is 12.8. The number of nitrogens with one attached hydrogen (secondary N) is 1. The first kappa shape index (κ1) is 17.7. The molecular weight excluding hydrogens is 320 g/mol. The number of amides is 2. The highest BCUT2D eigenvalue weighted by Crippen LogP contribution is 2.45. The van der Waals surface area contributed by atoms with Crippen LogP contribution < -0.4 is 10.1 Å². The van der Waals surface area contributed by atoms with Crippen molar-refractivity contribution in [2.24, 2.45) is 5.92 Å². The summed E-state index contributed by atoms with van der Waals surface area (Å²) in [5.41, 5.74) is 0.955. The number of hydrogen-bond acceptors (Lipinski definition) is 4. The summed E-state index contributed by atoms with van der Waals surface area (Å²) in [6.45, 7) is 2.35. The molecule has 3 rings (SSSR count). The smallest absolute Gasteiger partial charge is 0.226 e. The second kappa shape index (κ2) is 7.44. The van der Waals surface area contributed by atoms with Crippen LogP contribution in [-0.4, -0.2) is 49.6 Å². The molecule has 1 saturated heterocycles. The van der Waals surface area contributed by atoms with Crippen LogP contribution in [0.3, 0.4) is 0 Å². The molecule has 25 heavy (non-hydrogen) atoms. The molecule has 1 saturated carbocycles. The van der Waals surface area contributed by atoms with Crippen molar-refractivity contribution >= 4 is 11.8 Å². The normalized spacial score (nSPS) is 24.3. The van der Waals surface area contributed by atoms with Gasteiger partial charge in [-0.15, -0.1) is 0 Å². The largest absolute Gasteiger partial charge is 0.497 e. The summed E-state index contributed by atoms with van der Waals surface area (Å²) in [6.07, 6.45) is 2.28. The summed E-state index contributed by atoms with van der Waals surface area (Å²) in [5, 5.41) is 2.98. The van der Waals surface area contributed by atoms with Gasteiger partial charge in [-0.05, 0) is 37.5 Å². The molecule has 0 unspecified atom stereocenters. The highest BCUT2D eigenvalue weighted by Gasteiger charge is 2.49. The van der Waals surface area contributed by atoms with E-state index in [9.17, 15) is 9.59 Å². The third-order valence-electron chi connectivity index (χ3n) is 4.88. The zero-order valence-corrected chi connectivity index (χ0v) is 15.0. The van der Waals surface area contributed by atoms with Gasteiger partial charge in [0.05, 0.1) is 25.7 Å². The van der Waals surface area contributed by atoms with E-state index < -0.39 is 0 Å². The molecule has 0 radical (unpaired) electrons. The van der Waals surface area contributed by atoms with Crippen molar-refractivity contribution < 1.29 is 19.1 Å². The van der Waals surface area contributed by atoms with Crippen molar-refractivity contribution in [3.8, 4) is 5.75 Å². The molecule has 0 aromatic heterocycles. The average Bonchev–Trinajstić information content (AvgIpc) is 3.37. The van der Waals surface area contributed by atoms with Crippen LogP contribution in [0, 0.1) is 5.92 Å². The monoisotopic (exact) mass is 346 g/mol. The molecule has 0 bridgehead atoms. The zero-order valence-electron chi connectivity index (χ0n) is 15.0. The van der Waals surface area contributed by atoms with Gasteiger partial charge in [0.1, 0.15) is 5.75 Å². The molecule has 136 valence electrons. The van der Waals surface area contributed by atoms with Crippen molar-refractivity contribution in [1.82, 2.24) is 10.2 Å². The maximum atomic E-state index is 12.8. The molecule has 2 amide bonds. The quantitative estimate of drug-likeness (QED) is 0.819. The Hall–Kier alpha value is -2.08. The predicted molar refractivity (Wildman–Crippen MR) is 93.2 cm³/mol. The first-order chi connectivity index (χ1) is 12.0. The topological polar surface area (TPSA) is 67.9 Å². The summed E-state index contributed by atoms with van der Waals surface area (Å²) in [4.78, 5) is 27.4. The van der Waals surface area contributed by atoms with Gasteiger partial charge < -0.3 is 19.7 Å². The maximum Gasteiger partial charge on any atom is 0.226 e. The Morgan fingerprint density at radius 3 is 2.76 bits per heavy atom. The van der Waals surface area contributed by atoms with E-state index in [1.807, 2.05) is 36.1 Å². The van der Waals surface area contributed by atoms with Crippen molar-refractivity contribution in [1.29, 1.82) is 0 Å². The molecule has 2 aliphatic rings. The van der Waals surface area contributed by atoms with E-state index in [2.05, 4.69) is 5.32 Å². The van der Waals surface area contributed by atoms with Crippen LogP contribution in [0.2, 0.25) is 0 Å². The second-order valence-electron chi connectivity index (χ2n) is 6.93. The molecule has 0 spiro atoms. The Kier molecular flexibility index (Phi) is 5.27. The zero-order chi connectivity index (χ0) is 18.0. The lowest BCUT2D eigenvalue weighted by atomic mass is 9.92. The summed E-state index contributed by atoms with van der Waals surface area (Å²) in [7, 11) is 3.23. The van der Waals surface area contributed by atoms with Crippen LogP contribution in [-0.2, 0) is 14.3 Å². The summed E-state index contributed by atoms with van der Waals surface area (Å²) >= 11 is 0. The summed E-state index contributed by atoms with van der Waals surface area (Å²) < 4.78 is 10.4. The van der Waals surface area contributed by atoms with Crippen LogP contribution in [0.15, 0.2) is 24.3 Å². The lowest BCUT2D eigenvalue weighted by Gasteiger charge is -2.29. The molecular formula is C19H26N2O4. The molecule has 1 aromatic carbocycles. The molecule has 1 aliphatic carbocycles. The molecule has 1 N–H and O–H groups in total. The number of carbonyl (C=O) groups excluding carboxylic acids is 2. The number of likely N-dealkylation sites (tertiary alicyclic amines) is 1. The average molecular weight is 346 g/mol. The standard InChI is InChI=1S/C19H26N2O4/c1-12(11-24-2)20-19(23)16-10-17(22)21(14-7-8-14)18(16)13-5-4-6-15(9-13)25-3/h4-6,9,12,14,16,18H,7-8,10-11H2,1-3H3,(H,20,23)/t12-,16-,18+/m0/s1. The number of rotatable bonds is 7. The van der Waals surface area contributed by atoms with Crippen LogP contribution in [0.25, 0.3) is 0 Å². The Morgan fingerprint density at radius 1 is 1.36 bits per heavy atom. The van der Waals surface area contributed by atoms with Gasteiger partial charge >= 0.3 is 0 Å². The third-order valence-corrected chi connectivity index (χ3v) is 4.88. The Bertz CT molecular complexity index is 644. The van der Waals surface area contributed by atoms with E-state index in [1.165, 1.54) is 0 Å². The Balaban J connectivity index is 1.87. The van der Waals surface area contributed by atoms with Gasteiger partial charge in [0.2, 0.25) is 11.8 Å². The van der Waals surface area contributed by atoms with E-state index in [0.717, 1.165) is 24.2 Å². The van der Waals surface area contributed by atoms with E-state index in [0.29, 0.717) is 6.61 Å². The molecule has 6 nitrogen and oxygen atoms in total. The molecule has 1 aliphatic heterocycles. The number of methoxy groups -OCH3 is 2. The van der Waals surface area contributed by atoms with E-state index in [-0.39, 0.29) is 42.3 Å². The van der Waals surface area contributed by atoms with E-state index >= 15 is 0 Å². The SMILES string of the molecule is COC[C@H](C)NC(=O)[C@H]1CC(=O)N(C2CC2)[C@@H]1c1cccc(OC)c1. The van der Waals surface area contributed by atoms with Crippen LogP contribution in [0.4, 0.5) is 0 Å². The number of nitrogens with zero attached hydrogens (tertiary/aromatic N) is 1. The number of benzene rings is 1. The van der Waals surface area contributed by atoms with Gasteiger partial charge in [-0.1, -0.05) is 12.1 Å². The second-order valence-corrected chi connectivity index (χ2v) is 6.93. The molecule has 3 atom stereocenters. The van der Waals surface area contributed by atoms with Crippen LogP contribution in [0.5, 0.6) is 5.75 Å². The van der Waals surface area contributed by atoms with E-state index in [4.69, 9.17) is 9.47 Å². The molecule has 6 heteroatoms. The van der Waals surface area contributed by atoms with Gasteiger partial charge in [-0.3, -0.25) is 9.59 Å². The Morgan fingerprint density at radius 2 is 2.12 bits per heavy atom. The highest BCUT2D eigenvalue weighted by molar-refractivity contribution is 5.91. The molecule has 1 heterocycles. The van der Waals surface area contributed by atoms with Crippen molar-refractivity contribution in [2.45, 2.75) is 44.3 Å². The van der Waals surface area contributed by atoms with Gasteiger partial charge in [-0.2, -0.15) is 0 Å². The minimum Gasteiger partial charge on any atom is -0.497 e. The molecule has 2 fully saturated rings. The fourth-order valence-corrected chi connectivity index (χ4v) is 3.63. The lowest BCUT2D eigenvalue weighted by molar-refractivity contribution is -0.129. The number of hydrogen-bond donors (Lipinski definition) is 1. The van der Waals surface area contributed by atoms with Crippen molar-refractivity contribution in [2.75, 3.05) is 20.8 Å². The van der Waals surface area contributed by atoms with Gasteiger partial charge in [0.25, 0.3) is 0 Å². The minimum absolute atomic E-state index is 0.0647. The first-order valence-corrected chi connectivity index (χ1v) is 8.79. The Labute approximate surface area is 148 Å². The van der Waals surface area contributed by atoms with Gasteiger partial charge in [0, 0.05) is 25.6 Å². The van der Waals surface area contributed by atoms with Crippen LogP contribution in [0.1, 0.15) is 37.8 Å². The third kappa shape index (κ3) is 3.79. The highest BCUT2D eigenvalue weighted by atomic mass is 16.5. The minimum atomic E-state index is -0.389. The van der Waals surface area contributed by atoms with Crippen molar-refractivity contribution in [3.63, 3.8) is 0 Å². The van der Waals surface area contributed by atoms with Gasteiger partial charge in [-0.25, -0.2) is 0 Å². The summed E-state index contributed by atoms with van der Waals surface area (Å²) in [5.74, 6) is 0.322. The fourth-order valence-electron chi connectivity index (χ4n) is 3.63. The first-order valence-electron chi connectivity index (χ1n) is 8.79. The molecule has 1 aromatic rings. The van der Waals surface area contributed by atoms with Gasteiger partial charge in [0.15, 0.2) is 0 Å². The number of carbonyl (C=O) groups is 2. The summed E-state index contributed by atoms with van der Waals surface area (Å²) in [6, 6.07) is 7.62.